The van der Waals surface area contributed by atoms with Crippen LogP contribution in [0.4, 0.5) is 11.8 Å². The van der Waals surface area contributed by atoms with Crippen molar-refractivity contribution in [3.8, 4) is 0 Å². The van der Waals surface area contributed by atoms with Crippen LogP contribution in [0.2, 0.25) is 5.02 Å². The summed E-state index contributed by atoms with van der Waals surface area (Å²) >= 11 is 7.98. The Labute approximate surface area is 121 Å². The van der Waals surface area contributed by atoms with Crippen LogP contribution in [-0.2, 0) is 6.54 Å². The largest absolute Gasteiger partial charge is 0.357 e. The van der Waals surface area contributed by atoms with E-state index in [4.69, 9.17) is 11.6 Å². The van der Waals surface area contributed by atoms with Crippen molar-refractivity contribution in [2.45, 2.75) is 25.4 Å². The van der Waals surface area contributed by atoms with E-state index in [0.717, 1.165) is 12.4 Å². The van der Waals surface area contributed by atoms with Crippen molar-refractivity contribution in [1.82, 2.24) is 9.97 Å². The van der Waals surface area contributed by atoms with E-state index in [2.05, 4.69) is 37.0 Å². The Morgan fingerprint density at radius 3 is 3.00 bits per heavy atom. The molecular formula is C13H15ClN4S. The molecule has 1 fully saturated rings. The quantitative estimate of drug-likeness (QED) is 0.917. The van der Waals surface area contributed by atoms with Gasteiger partial charge in [-0.3, -0.25) is 0 Å². The molecule has 1 saturated carbocycles. The number of aromatic nitrogens is 2. The first kappa shape index (κ1) is 12.7. The molecule has 2 aromatic rings. The molecule has 0 aromatic carbocycles. The van der Waals surface area contributed by atoms with Crippen LogP contribution in [0.5, 0.6) is 0 Å². The first-order valence-corrected chi connectivity index (χ1v) is 7.58. The average molecular weight is 295 g/mol. The SMILES string of the molecule is CNc1ncc(Cl)c(N(Cc2ccsc2)C2CC2)n1. The van der Waals surface area contributed by atoms with E-state index in [1.165, 1.54) is 18.4 Å². The molecule has 100 valence electrons. The second-order valence-corrected chi connectivity index (χ2v) is 5.79. The van der Waals surface area contributed by atoms with E-state index in [1.54, 1.807) is 17.5 Å². The van der Waals surface area contributed by atoms with E-state index in [0.29, 0.717) is 17.0 Å². The third kappa shape index (κ3) is 2.82. The lowest BCUT2D eigenvalue weighted by Crippen LogP contribution is -2.26. The molecule has 1 aliphatic carbocycles. The second-order valence-electron chi connectivity index (χ2n) is 4.61. The molecule has 0 bridgehead atoms. The molecule has 0 spiro atoms. The van der Waals surface area contributed by atoms with Crippen LogP contribution in [0.25, 0.3) is 0 Å². The zero-order valence-electron chi connectivity index (χ0n) is 10.6. The van der Waals surface area contributed by atoms with Gasteiger partial charge in [0.05, 0.1) is 6.20 Å². The fourth-order valence-electron chi connectivity index (χ4n) is 2.02. The maximum absolute atomic E-state index is 6.27. The molecule has 3 rings (SSSR count). The number of anilines is 2. The van der Waals surface area contributed by atoms with Crippen LogP contribution >= 0.6 is 22.9 Å². The lowest BCUT2D eigenvalue weighted by Gasteiger charge is -2.24. The Morgan fingerprint density at radius 2 is 2.37 bits per heavy atom. The number of rotatable bonds is 5. The molecule has 2 aromatic heterocycles. The summed E-state index contributed by atoms with van der Waals surface area (Å²) in [5.74, 6) is 1.44. The van der Waals surface area contributed by atoms with Gasteiger partial charge < -0.3 is 10.2 Å². The number of nitrogens with one attached hydrogen (secondary N) is 1. The van der Waals surface area contributed by atoms with Crippen molar-refractivity contribution in [2.24, 2.45) is 0 Å². The molecule has 0 unspecified atom stereocenters. The van der Waals surface area contributed by atoms with E-state index in [-0.39, 0.29) is 0 Å². The molecule has 0 saturated heterocycles. The van der Waals surface area contributed by atoms with Crippen LogP contribution in [-0.4, -0.2) is 23.1 Å². The van der Waals surface area contributed by atoms with Gasteiger partial charge in [0, 0.05) is 19.6 Å². The van der Waals surface area contributed by atoms with Crippen molar-refractivity contribution in [3.05, 3.63) is 33.6 Å². The Hall–Kier alpha value is -1.33. The Bertz CT molecular complexity index is 554. The normalized spacial score (nSPS) is 14.4. The maximum atomic E-state index is 6.27. The van der Waals surface area contributed by atoms with Crippen LogP contribution in [0.1, 0.15) is 18.4 Å². The molecule has 0 atom stereocenters. The van der Waals surface area contributed by atoms with Gasteiger partial charge in [0.25, 0.3) is 0 Å². The topological polar surface area (TPSA) is 41.1 Å². The lowest BCUT2D eigenvalue weighted by atomic mass is 10.3. The van der Waals surface area contributed by atoms with Crippen LogP contribution < -0.4 is 10.2 Å². The first-order chi connectivity index (χ1) is 9.28. The molecule has 1 N–H and O–H groups in total. The number of hydrogen-bond acceptors (Lipinski definition) is 5. The second kappa shape index (κ2) is 5.35. The van der Waals surface area contributed by atoms with E-state index in [1.807, 2.05) is 7.05 Å². The van der Waals surface area contributed by atoms with E-state index < -0.39 is 0 Å². The standard InChI is InChI=1S/C13H15ClN4S/c1-15-13-16-6-11(14)12(17-13)18(10-2-3-10)7-9-4-5-19-8-9/h4-6,8,10H,2-3,7H2,1H3,(H,15,16,17). The van der Waals surface area contributed by atoms with Gasteiger partial charge in [-0.25, -0.2) is 4.98 Å². The smallest absolute Gasteiger partial charge is 0.224 e. The summed E-state index contributed by atoms with van der Waals surface area (Å²) in [5.41, 5.74) is 1.30. The van der Waals surface area contributed by atoms with Crippen molar-refractivity contribution in [3.63, 3.8) is 0 Å². The zero-order chi connectivity index (χ0) is 13.2. The monoisotopic (exact) mass is 294 g/mol. The predicted molar refractivity (Wildman–Crippen MR) is 80.1 cm³/mol. The third-order valence-corrected chi connectivity index (χ3v) is 4.14. The highest BCUT2D eigenvalue weighted by molar-refractivity contribution is 7.07. The van der Waals surface area contributed by atoms with Crippen molar-refractivity contribution in [2.75, 3.05) is 17.3 Å². The third-order valence-electron chi connectivity index (χ3n) is 3.14. The van der Waals surface area contributed by atoms with Crippen LogP contribution in [0.15, 0.2) is 23.0 Å². The van der Waals surface area contributed by atoms with Crippen molar-refractivity contribution >= 4 is 34.7 Å². The fourth-order valence-corrected chi connectivity index (χ4v) is 2.88. The summed E-state index contributed by atoms with van der Waals surface area (Å²) in [6, 6.07) is 2.70. The van der Waals surface area contributed by atoms with Gasteiger partial charge in [-0.15, -0.1) is 0 Å². The van der Waals surface area contributed by atoms with E-state index in [9.17, 15) is 0 Å². The molecule has 0 aliphatic heterocycles. The summed E-state index contributed by atoms with van der Waals surface area (Å²) in [7, 11) is 1.81. The number of hydrogen-bond donors (Lipinski definition) is 1. The average Bonchev–Trinajstić information content (AvgIpc) is 3.14. The molecule has 0 amide bonds. The minimum absolute atomic E-state index is 0.553. The Balaban J connectivity index is 1.91. The number of halogens is 1. The van der Waals surface area contributed by atoms with Gasteiger partial charge in [0.2, 0.25) is 5.95 Å². The van der Waals surface area contributed by atoms with E-state index >= 15 is 0 Å². The molecule has 6 heteroatoms. The summed E-state index contributed by atoms with van der Waals surface area (Å²) in [5, 5.41) is 7.84. The van der Waals surface area contributed by atoms with Gasteiger partial charge in [-0.2, -0.15) is 16.3 Å². The molecule has 19 heavy (non-hydrogen) atoms. The summed E-state index contributed by atoms with van der Waals surface area (Å²) in [6.07, 6.45) is 4.08. The van der Waals surface area contributed by atoms with Crippen LogP contribution in [0, 0.1) is 0 Å². The number of nitrogens with zero attached hydrogens (tertiary/aromatic N) is 3. The van der Waals surface area contributed by atoms with Gasteiger partial charge in [-0.05, 0) is 35.2 Å². The summed E-state index contributed by atoms with van der Waals surface area (Å²) in [6.45, 7) is 0.855. The van der Waals surface area contributed by atoms with Crippen molar-refractivity contribution in [1.29, 1.82) is 0 Å². The van der Waals surface area contributed by atoms with Gasteiger partial charge in [-0.1, -0.05) is 11.6 Å². The Kier molecular flexibility index (Phi) is 3.57. The summed E-state index contributed by atoms with van der Waals surface area (Å²) in [4.78, 5) is 10.9. The van der Waals surface area contributed by atoms with Gasteiger partial charge >= 0.3 is 0 Å². The zero-order valence-corrected chi connectivity index (χ0v) is 12.2. The Morgan fingerprint density at radius 1 is 1.53 bits per heavy atom. The summed E-state index contributed by atoms with van der Waals surface area (Å²) < 4.78 is 0. The molecular weight excluding hydrogens is 280 g/mol. The first-order valence-electron chi connectivity index (χ1n) is 6.26. The minimum Gasteiger partial charge on any atom is -0.357 e. The van der Waals surface area contributed by atoms with Gasteiger partial charge in [0.15, 0.2) is 5.82 Å². The highest BCUT2D eigenvalue weighted by atomic mass is 35.5. The maximum Gasteiger partial charge on any atom is 0.224 e. The highest BCUT2D eigenvalue weighted by Gasteiger charge is 2.31. The molecule has 1 aliphatic rings. The van der Waals surface area contributed by atoms with Crippen molar-refractivity contribution < 1.29 is 0 Å². The lowest BCUT2D eigenvalue weighted by molar-refractivity contribution is 0.778. The minimum atomic E-state index is 0.553. The molecule has 2 heterocycles. The predicted octanol–water partition coefficient (Wildman–Crippen LogP) is 3.40. The molecule has 0 radical (unpaired) electrons. The molecule has 4 nitrogen and oxygen atoms in total. The van der Waals surface area contributed by atoms with Crippen LogP contribution in [0.3, 0.4) is 0 Å². The highest BCUT2D eigenvalue weighted by Crippen LogP contribution is 2.35. The van der Waals surface area contributed by atoms with Gasteiger partial charge in [0.1, 0.15) is 5.02 Å². The number of thiophene rings is 1. The fraction of sp³-hybridized carbons (Fsp3) is 0.385.